The zero-order valence-electron chi connectivity index (χ0n) is 14.7. The van der Waals surface area contributed by atoms with Crippen LogP contribution in [0.1, 0.15) is 63.6 Å². The van der Waals surface area contributed by atoms with Gasteiger partial charge in [0.1, 0.15) is 5.75 Å². The number of hydrogen-bond acceptors (Lipinski definition) is 3. The first-order chi connectivity index (χ1) is 11.2. The first-order valence-electron chi connectivity index (χ1n) is 8.84. The van der Waals surface area contributed by atoms with Crippen LogP contribution in [0.2, 0.25) is 0 Å². The molecule has 1 aromatic heterocycles. The second-order valence-corrected chi connectivity index (χ2v) is 6.15. The predicted molar refractivity (Wildman–Crippen MR) is 93.9 cm³/mol. The van der Waals surface area contributed by atoms with Gasteiger partial charge < -0.3 is 4.74 Å². The minimum Gasteiger partial charge on any atom is -0.494 e. The summed E-state index contributed by atoms with van der Waals surface area (Å²) in [6.45, 7) is 8.21. The monoisotopic (exact) mass is 315 g/mol. The summed E-state index contributed by atoms with van der Waals surface area (Å²) in [4.78, 5) is 0. The molecule has 2 aromatic rings. The van der Waals surface area contributed by atoms with Gasteiger partial charge in [-0.3, -0.25) is 4.68 Å². The van der Waals surface area contributed by atoms with Crippen molar-refractivity contribution in [2.24, 2.45) is 0 Å². The second-order valence-electron chi connectivity index (χ2n) is 6.15. The van der Waals surface area contributed by atoms with Crippen molar-refractivity contribution in [3.05, 3.63) is 41.7 Å². The fourth-order valence-electron chi connectivity index (χ4n) is 2.63. The van der Waals surface area contributed by atoms with E-state index in [0.717, 1.165) is 37.4 Å². The highest BCUT2D eigenvalue weighted by Gasteiger charge is 2.09. The van der Waals surface area contributed by atoms with E-state index < -0.39 is 0 Å². The average molecular weight is 315 g/mol. The number of unbranched alkanes of at least 4 members (excludes halogenated alkanes) is 3. The summed E-state index contributed by atoms with van der Waals surface area (Å²) in [7, 11) is 0. The predicted octanol–water partition coefficient (Wildman–Crippen LogP) is 4.60. The van der Waals surface area contributed by atoms with Crippen molar-refractivity contribution in [2.75, 3.05) is 6.61 Å². The first kappa shape index (κ1) is 17.5. The van der Waals surface area contributed by atoms with Gasteiger partial charge in [-0.25, -0.2) is 0 Å². The molecular formula is C19H29N3O. The Hall–Kier alpha value is -1.84. The molecule has 0 aliphatic carbocycles. The lowest BCUT2D eigenvalue weighted by Gasteiger charge is -2.11. The smallest absolute Gasteiger partial charge is 0.119 e. The van der Waals surface area contributed by atoms with Crippen molar-refractivity contribution in [3.8, 4) is 5.75 Å². The van der Waals surface area contributed by atoms with Gasteiger partial charge in [0.2, 0.25) is 0 Å². The molecule has 1 heterocycles. The van der Waals surface area contributed by atoms with Crippen LogP contribution in [0.25, 0.3) is 0 Å². The van der Waals surface area contributed by atoms with Gasteiger partial charge in [-0.05, 0) is 43.4 Å². The number of aromatic nitrogens is 3. The number of benzene rings is 1. The summed E-state index contributed by atoms with van der Waals surface area (Å²) in [5.41, 5.74) is 2.37. The number of aryl methyl sites for hydroxylation is 1. The summed E-state index contributed by atoms with van der Waals surface area (Å²) >= 11 is 0. The van der Waals surface area contributed by atoms with Crippen LogP contribution in [-0.4, -0.2) is 21.6 Å². The molecule has 0 radical (unpaired) electrons. The SMILES string of the molecule is CCCCCCOc1ccc(C(C)Cc2cn(CC)nn2)cc1. The maximum Gasteiger partial charge on any atom is 0.119 e. The van der Waals surface area contributed by atoms with E-state index in [2.05, 4.69) is 55.3 Å². The molecule has 1 atom stereocenters. The minimum atomic E-state index is 0.426. The van der Waals surface area contributed by atoms with Crippen molar-refractivity contribution in [1.82, 2.24) is 15.0 Å². The van der Waals surface area contributed by atoms with Crippen molar-refractivity contribution in [1.29, 1.82) is 0 Å². The Bertz CT molecular complexity index is 562. The Balaban J connectivity index is 1.81. The largest absolute Gasteiger partial charge is 0.494 e. The fraction of sp³-hybridized carbons (Fsp3) is 0.579. The Kier molecular flexibility index (Phi) is 7.11. The quantitative estimate of drug-likeness (QED) is 0.601. The molecule has 0 fully saturated rings. The van der Waals surface area contributed by atoms with Gasteiger partial charge in [0.25, 0.3) is 0 Å². The van der Waals surface area contributed by atoms with Gasteiger partial charge >= 0.3 is 0 Å². The average Bonchev–Trinajstić information content (AvgIpc) is 3.03. The van der Waals surface area contributed by atoms with Crippen LogP contribution in [-0.2, 0) is 13.0 Å². The number of nitrogens with zero attached hydrogens (tertiary/aromatic N) is 3. The fourth-order valence-corrected chi connectivity index (χ4v) is 2.63. The topological polar surface area (TPSA) is 39.9 Å². The van der Waals surface area contributed by atoms with Crippen LogP contribution in [0.4, 0.5) is 0 Å². The molecule has 1 aromatic carbocycles. The third-order valence-corrected chi connectivity index (χ3v) is 4.14. The molecule has 0 aliphatic rings. The van der Waals surface area contributed by atoms with Gasteiger partial charge in [-0.15, -0.1) is 5.10 Å². The van der Waals surface area contributed by atoms with Crippen molar-refractivity contribution in [2.45, 2.75) is 65.3 Å². The highest BCUT2D eigenvalue weighted by molar-refractivity contribution is 5.29. The first-order valence-corrected chi connectivity index (χ1v) is 8.84. The molecule has 2 rings (SSSR count). The third-order valence-electron chi connectivity index (χ3n) is 4.14. The van der Waals surface area contributed by atoms with E-state index in [1.807, 2.05) is 10.9 Å². The van der Waals surface area contributed by atoms with Crippen LogP contribution >= 0.6 is 0 Å². The Morgan fingerprint density at radius 1 is 1.09 bits per heavy atom. The Labute approximate surface area is 139 Å². The minimum absolute atomic E-state index is 0.426. The second kappa shape index (κ2) is 9.33. The zero-order valence-corrected chi connectivity index (χ0v) is 14.7. The molecule has 0 saturated heterocycles. The van der Waals surface area contributed by atoms with E-state index in [1.54, 1.807) is 0 Å². The van der Waals surface area contributed by atoms with E-state index in [1.165, 1.54) is 24.8 Å². The van der Waals surface area contributed by atoms with E-state index in [-0.39, 0.29) is 0 Å². The molecule has 0 spiro atoms. The van der Waals surface area contributed by atoms with Gasteiger partial charge in [0.05, 0.1) is 12.3 Å². The summed E-state index contributed by atoms with van der Waals surface area (Å²) in [6, 6.07) is 8.48. The molecule has 0 amide bonds. The van der Waals surface area contributed by atoms with Gasteiger partial charge in [-0.2, -0.15) is 0 Å². The number of ether oxygens (including phenoxy) is 1. The lowest BCUT2D eigenvalue weighted by Crippen LogP contribution is -2.00. The number of hydrogen-bond donors (Lipinski definition) is 0. The van der Waals surface area contributed by atoms with Crippen LogP contribution in [0, 0.1) is 0 Å². The summed E-state index contributed by atoms with van der Waals surface area (Å²) in [6.07, 6.45) is 7.89. The lowest BCUT2D eigenvalue weighted by atomic mass is 9.96. The molecule has 0 saturated carbocycles. The molecule has 4 heteroatoms. The highest BCUT2D eigenvalue weighted by atomic mass is 16.5. The van der Waals surface area contributed by atoms with Gasteiger partial charge in [0, 0.05) is 12.7 Å². The summed E-state index contributed by atoms with van der Waals surface area (Å²) in [5, 5.41) is 8.32. The van der Waals surface area contributed by atoms with Gasteiger partial charge in [-0.1, -0.05) is 50.5 Å². The van der Waals surface area contributed by atoms with E-state index in [0.29, 0.717) is 5.92 Å². The third kappa shape index (κ3) is 5.70. The van der Waals surface area contributed by atoms with Crippen LogP contribution in [0.15, 0.2) is 30.5 Å². The summed E-state index contributed by atoms with van der Waals surface area (Å²) in [5.74, 6) is 1.39. The highest BCUT2D eigenvalue weighted by Crippen LogP contribution is 2.22. The molecule has 0 N–H and O–H groups in total. The molecule has 0 bridgehead atoms. The maximum absolute atomic E-state index is 5.80. The van der Waals surface area contributed by atoms with Crippen molar-refractivity contribution < 1.29 is 4.74 Å². The normalized spacial score (nSPS) is 12.3. The molecule has 126 valence electrons. The molecule has 1 unspecified atom stereocenters. The van der Waals surface area contributed by atoms with Crippen LogP contribution in [0.3, 0.4) is 0 Å². The molecule has 0 aliphatic heterocycles. The zero-order chi connectivity index (χ0) is 16.5. The Morgan fingerprint density at radius 2 is 1.87 bits per heavy atom. The van der Waals surface area contributed by atoms with E-state index in [4.69, 9.17) is 4.74 Å². The maximum atomic E-state index is 5.80. The van der Waals surface area contributed by atoms with Crippen molar-refractivity contribution in [3.63, 3.8) is 0 Å². The number of rotatable bonds is 10. The van der Waals surface area contributed by atoms with Crippen LogP contribution in [0.5, 0.6) is 5.75 Å². The lowest BCUT2D eigenvalue weighted by molar-refractivity contribution is 0.305. The van der Waals surface area contributed by atoms with Crippen LogP contribution < -0.4 is 4.74 Å². The Morgan fingerprint density at radius 3 is 2.52 bits per heavy atom. The van der Waals surface area contributed by atoms with E-state index in [9.17, 15) is 0 Å². The van der Waals surface area contributed by atoms with Gasteiger partial charge in [0.15, 0.2) is 0 Å². The molecule has 23 heavy (non-hydrogen) atoms. The molecular weight excluding hydrogens is 286 g/mol. The summed E-state index contributed by atoms with van der Waals surface area (Å²) < 4.78 is 7.67. The molecule has 4 nitrogen and oxygen atoms in total. The van der Waals surface area contributed by atoms with Crippen molar-refractivity contribution >= 4 is 0 Å². The van der Waals surface area contributed by atoms with E-state index >= 15 is 0 Å². The standard InChI is InChI=1S/C19H29N3O/c1-4-6-7-8-13-23-19-11-9-17(10-12-19)16(3)14-18-15-22(5-2)21-20-18/h9-12,15-16H,4-8,13-14H2,1-3H3.